The van der Waals surface area contributed by atoms with Crippen LogP contribution in [0.1, 0.15) is 16.7 Å². The maximum absolute atomic E-state index is 15.5. The molecule has 0 aliphatic rings. The topological polar surface area (TPSA) is 149 Å². The Morgan fingerprint density at radius 2 is 0.701 bits per heavy atom. The molecule has 18 heteroatoms. The van der Waals surface area contributed by atoms with E-state index in [2.05, 4.69) is 0 Å². The number of rotatable bonds is 21. The Morgan fingerprint density at radius 1 is 0.388 bits per heavy atom. The zero-order valence-electron chi connectivity index (χ0n) is 37.4. The molecule has 7 aromatic rings. The summed E-state index contributed by atoms with van der Waals surface area (Å²) in [5, 5.41) is 0. The van der Waals surface area contributed by atoms with Crippen molar-refractivity contribution in [1.29, 1.82) is 0 Å². The van der Waals surface area contributed by atoms with Gasteiger partial charge in [-0.05, 0) is 98.3 Å². The Kier molecular flexibility index (Phi) is 15.8. The summed E-state index contributed by atoms with van der Waals surface area (Å²) in [5.41, 5.74) is 1.84. The lowest BCUT2D eigenvalue weighted by Crippen LogP contribution is -2.33. The molecule has 0 radical (unpaired) electrons. The molecular weight excluding hydrogens is 935 g/mol. The van der Waals surface area contributed by atoms with E-state index in [1.807, 2.05) is 13.8 Å². The van der Waals surface area contributed by atoms with Gasteiger partial charge in [-0.25, -0.2) is 16.8 Å². The molecule has 0 bridgehead atoms. The fraction of sp³-hybridized carbons (Fsp3) is 0.143. The van der Waals surface area contributed by atoms with Gasteiger partial charge in [0.2, 0.25) is 0 Å². The van der Waals surface area contributed by atoms with Crippen LogP contribution >= 0.6 is 17.1 Å². The van der Waals surface area contributed by atoms with Crippen LogP contribution in [0.3, 0.4) is 0 Å². The first-order chi connectivity index (χ1) is 32.4. The van der Waals surface area contributed by atoms with Crippen molar-refractivity contribution in [3.8, 4) is 46.0 Å². The average Bonchev–Trinajstić information content (AvgIpc) is 3.34. The smallest absolute Gasteiger partial charge is 0.432 e. The molecule has 0 atom stereocenters. The third kappa shape index (κ3) is 11.2. The molecule has 0 spiro atoms. The molecule has 0 N–H and O–H groups in total. The van der Waals surface area contributed by atoms with Gasteiger partial charge >= 0.3 is 17.1 Å². The predicted molar refractivity (Wildman–Crippen MR) is 260 cm³/mol. The molecule has 0 fully saturated rings. The average molecular weight is 983 g/mol. The Bertz CT molecular complexity index is 2900. The second kappa shape index (κ2) is 21.8. The van der Waals surface area contributed by atoms with Gasteiger partial charge in [-0.15, -0.1) is 4.08 Å². The van der Waals surface area contributed by atoms with Gasteiger partial charge in [0, 0.05) is 0 Å². The second-order valence-corrected chi connectivity index (χ2v) is 21.2. The molecule has 0 unspecified atom stereocenters. The number of sulfonamides is 2. The minimum atomic E-state index is -4.66. The SMILES string of the molecule is COc1ccccc1OP(Oc1ccccc1OC)N(Cc1ccccc1N(P(Oc1ccccc1OC)Oc1ccccc1OC)S(=O)(=O)c1ccc(C)cc1)S(=O)(=O)c1ccc(C)cc1. The van der Waals surface area contributed by atoms with Crippen molar-refractivity contribution >= 4 is 42.8 Å². The number of anilines is 1. The number of hydrogen-bond donors (Lipinski definition) is 0. The minimum Gasteiger partial charge on any atom is -0.493 e. The van der Waals surface area contributed by atoms with Crippen LogP contribution in [-0.2, 0) is 26.6 Å². The standard InChI is InChI=1S/C49H48N2O12P2S2/c1-36-27-31-39(32-28-36)66(52,53)50(64(60-46-23-13-9-19-42(46)56-3)61-47-24-14-10-20-43(47)57-4)35-38-17-7-8-18-41(38)51(67(54,55)40-33-29-37(2)30-34-40)65(62-48-25-15-11-21-44(48)58-5)63-49-26-16-12-22-45(49)59-6/h7-34H,35H2,1-6H3. The number of methoxy groups -OCH3 is 4. The van der Waals surface area contributed by atoms with E-state index in [-0.39, 0.29) is 44.0 Å². The first-order valence-corrected chi connectivity index (χ1v) is 25.6. The van der Waals surface area contributed by atoms with Crippen LogP contribution < -0.4 is 41.1 Å². The van der Waals surface area contributed by atoms with Gasteiger partial charge in [0.25, 0.3) is 20.0 Å². The summed E-state index contributed by atoms with van der Waals surface area (Å²) in [4.78, 5) is -0.182. The van der Waals surface area contributed by atoms with Crippen LogP contribution in [0.25, 0.3) is 0 Å². The number of ether oxygens (including phenoxy) is 4. The molecule has 14 nitrogen and oxygen atoms in total. The Balaban J connectivity index is 1.48. The molecule has 0 heterocycles. The molecule has 67 heavy (non-hydrogen) atoms. The molecule has 0 amide bonds. The number of benzene rings is 7. The normalized spacial score (nSPS) is 11.5. The molecule has 0 saturated carbocycles. The monoisotopic (exact) mass is 982 g/mol. The quantitative estimate of drug-likeness (QED) is 0.0631. The van der Waals surface area contributed by atoms with Crippen LogP contribution in [0.15, 0.2) is 180 Å². The van der Waals surface area contributed by atoms with Gasteiger partial charge in [-0.2, -0.15) is 4.08 Å². The highest BCUT2D eigenvalue weighted by atomic mass is 32.2. The van der Waals surface area contributed by atoms with Crippen LogP contribution in [0.4, 0.5) is 5.69 Å². The first-order valence-electron chi connectivity index (χ1n) is 20.5. The zero-order valence-corrected chi connectivity index (χ0v) is 40.8. The number of aryl methyl sites for hydroxylation is 2. The number of para-hydroxylation sites is 9. The van der Waals surface area contributed by atoms with Gasteiger partial charge in [0.15, 0.2) is 46.0 Å². The zero-order chi connectivity index (χ0) is 47.6. The van der Waals surface area contributed by atoms with Gasteiger partial charge in [-0.1, -0.05) is 102 Å². The lowest BCUT2D eigenvalue weighted by molar-refractivity contribution is 0.362. The maximum Gasteiger partial charge on any atom is 0.432 e. The van der Waals surface area contributed by atoms with Gasteiger partial charge in [0.05, 0.1) is 50.5 Å². The summed E-state index contributed by atoms with van der Waals surface area (Å²) in [6, 6.07) is 46.1. The van der Waals surface area contributed by atoms with E-state index in [1.54, 1.807) is 146 Å². The summed E-state index contributed by atoms with van der Waals surface area (Å²) in [6.07, 6.45) is 0. The molecular formula is C49H48N2O12P2S2. The summed E-state index contributed by atoms with van der Waals surface area (Å²) >= 11 is 0. The van der Waals surface area contributed by atoms with E-state index in [9.17, 15) is 0 Å². The highest BCUT2D eigenvalue weighted by molar-refractivity contribution is 7.99. The Hall–Kier alpha value is -6.54. The van der Waals surface area contributed by atoms with E-state index in [1.165, 1.54) is 52.7 Å². The fourth-order valence-corrected chi connectivity index (χ4v) is 13.3. The van der Waals surface area contributed by atoms with Crippen molar-refractivity contribution in [3.05, 3.63) is 187 Å². The maximum atomic E-state index is 15.5. The predicted octanol–water partition coefficient (Wildman–Crippen LogP) is 11.5. The molecule has 0 aromatic heterocycles. The third-order valence-corrected chi connectivity index (χ3v) is 17.5. The molecule has 0 aliphatic carbocycles. The molecule has 348 valence electrons. The van der Waals surface area contributed by atoms with E-state index < -0.39 is 43.6 Å². The third-order valence-electron chi connectivity index (χ3n) is 9.96. The van der Waals surface area contributed by atoms with Crippen LogP contribution in [0, 0.1) is 13.8 Å². The van der Waals surface area contributed by atoms with Crippen molar-refractivity contribution in [3.63, 3.8) is 0 Å². The second-order valence-electron chi connectivity index (χ2n) is 14.4. The lowest BCUT2D eigenvalue weighted by Gasteiger charge is -2.33. The van der Waals surface area contributed by atoms with E-state index in [0.717, 1.165) is 19.3 Å². The van der Waals surface area contributed by atoms with Gasteiger partial charge in [0.1, 0.15) is 0 Å². The number of nitrogens with zero attached hydrogens (tertiary/aromatic N) is 2. The minimum absolute atomic E-state index is 0.00706. The summed E-state index contributed by atoms with van der Waals surface area (Å²) in [6.45, 7) is 3.16. The molecule has 0 saturated heterocycles. The Labute approximate surface area is 394 Å². The Morgan fingerprint density at radius 3 is 1.07 bits per heavy atom. The van der Waals surface area contributed by atoms with Crippen molar-refractivity contribution in [2.45, 2.75) is 30.2 Å². The van der Waals surface area contributed by atoms with E-state index in [4.69, 9.17) is 37.0 Å². The van der Waals surface area contributed by atoms with Crippen molar-refractivity contribution < 1.29 is 53.9 Å². The molecule has 7 aromatic carbocycles. The van der Waals surface area contributed by atoms with E-state index >= 15 is 16.8 Å². The fourth-order valence-electron chi connectivity index (χ4n) is 6.47. The molecule has 7 rings (SSSR count). The highest BCUT2D eigenvalue weighted by Gasteiger charge is 2.43. The van der Waals surface area contributed by atoms with Crippen LogP contribution in [0.2, 0.25) is 0 Å². The van der Waals surface area contributed by atoms with Crippen molar-refractivity contribution in [1.82, 2.24) is 4.08 Å². The highest BCUT2D eigenvalue weighted by Crippen LogP contribution is 2.56. The number of hydrogen-bond acceptors (Lipinski definition) is 12. The van der Waals surface area contributed by atoms with Crippen molar-refractivity contribution in [2.75, 3.05) is 32.5 Å². The van der Waals surface area contributed by atoms with Crippen LogP contribution in [-0.4, -0.2) is 49.4 Å². The summed E-state index contributed by atoms with van der Waals surface area (Å²) in [7, 11) is -8.97. The van der Waals surface area contributed by atoms with E-state index in [0.29, 0.717) is 23.0 Å². The van der Waals surface area contributed by atoms with Gasteiger partial charge in [-0.3, -0.25) is 0 Å². The lowest BCUT2D eigenvalue weighted by atomic mass is 10.2. The van der Waals surface area contributed by atoms with Gasteiger partial charge < -0.3 is 37.0 Å². The van der Waals surface area contributed by atoms with Crippen molar-refractivity contribution in [2.24, 2.45) is 0 Å². The molecule has 0 aliphatic heterocycles. The summed E-state index contributed by atoms with van der Waals surface area (Å²) < 4.78 is 113. The largest absolute Gasteiger partial charge is 0.493 e. The summed E-state index contributed by atoms with van der Waals surface area (Å²) in [5.74, 6) is 1.86. The first kappa shape index (κ1) is 48.4. The van der Waals surface area contributed by atoms with Crippen LogP contribution in [0.5, 0.6) is 46.0 Å².